The van der Waals surface area contributed by atoms with Gasteiger partial charge in [0.15, 0.2) is 0 Å². The predicted molar refractivity (Wildman–Crippen MR) is 344 cm³/mol. The summed E-state index contributed by atoms with van der Waals surface area (Å²) in [5.41, 5.74) is 8.19. The monoisotopic (exact) mass is 1180 g/mol. The van der Waals surface area contributed by atoms with Crippen molar-refractivity contribution in [1.82, 2.24) is 0 Å². The van der Waals surface area contributed by atoms with E-state index in [9.17, 15) is 0 Å². The van der Waals surface area contributed by atoms with E-state index in [0.29, 0.717) is 44.6 Å². The van der Waals surface area contributed by atoms with Crippen LogP contribution >= 0.6 is 0 Å². The summed E-state index contributed by atoms with van der Waals surface area (Å²) in [6.45, 7) is 32.8. The molecule has 7 rings (SSSR count). The van der Waals surface area contributed by atoms with Gasteiger partial charge in [-0.25, -0.2) is 0 Å². The highest BCUT2D eigenvalue weighted by Crippen LogP contribution is 2.39. The molecule has 0 amide bonds. The van der Waals surface area contributed by atoms with E-state index in [2.05, 4.69) is 265 Å². The molecule has 1 aliphatic heterocycles. The highest BCUT2D eigenvalue weighted by molar-refractivity contribution is 7.02. The summed E-state index contributed by atoms with van der Waals surface area (Å²) in [7, 11) is -22.8. The molecule has 412 valence electrons. The molecular formula is C62H84O8Si8. The smallest absolute Gasteiger partial charge is 0.317 e. The molecule has 0 bridgehead atoms. The van der Waals surface area contributed by atoms with Crippen LogP contribution in [0.2, 0.25) is 63.5 Å². The Kier molecular flexibility index (Phi) is 21.9. The van der Waals surface area contributed by atoms with Crippen molar-refractivity contribution in [1.29, 1.82) is 0 Å². The molecule has 6 aromatic rings. The van der Waals surface area contributed by atoms with Gasteiger partial charge in [0, 0.05) is 26.4 Å². The van der Waals surface area contributed by atoms with Crippen molar-refractivity contribution in [2.45, 2.75) is 89.1 Å². The Morgan fingerprint density at radius 1 is 0.321 bits per heavy atom. The molecule has 1 saturated heterocycles. The van der Waals surface area contributed by atoms with Gasteiger partial charge in [-0.1, -0.05) is 205 Å². The summed E-state index contributed by atoms with van der Waals surface area (Å²) < 4.78 is 59.2. The SMILES string of the molecule is C=C[Si](C)(C)OCCC[Si]1(C)O[Si](C)(CCCO[Si](C=C)(c2ccccc2)c2ccccc2)O[Si](C)(CCCO[Si](C=C)(c2ccccc2)c2ccccc2)O[Si](C)(CCCO[Si](C=C)(c2ccccc2)c2ccccc2)O1. The van der Waals surface area contributed by atoms with Crippen LogP contribution in [0, 0.1) is 0 Å². The molecule has 1 aliphatic rings. The number of rotatable bonds is 30. The molecular weight excluding hydrogens is 1100 g/mol. The fourth-order valence-electron chi connectivity index (χ4n) is 11.0. The first-order valence-corrected chi connectivity index (χ1v) is 46.8. The van der Waals surface area contributed by atoms with E-state index in [4.69, 9.17) is 34.2 Å². The zero-order chi connectivity index (χ0) is 55.6. The molecule has 8 nitrogen and oxygen atoms in total. The Morgan fingerprint density at radius 2 is 0.513 bits per heavy atom. The third-order valence-corrected chi connectivity index (χ3v) is 46.5. The summed E-state index contributed by atoms with van der Waals surface area (Å²) in [5.74, 6) is 0. The first kappa shape index (κ1) is 61.3. The van der Waals surface area contributed by atoms with Crippen LogP contribution in [0.3, 0.4) is 0 Å². The maximum absolute atomic E-state index is 7.80. The Balaban J connectivity index is 1.19. The zero-order valence-electron chi connectivity index (χ0n) is 47.2. The Hall–Kier alpha value is -4.30. The summed E-state index contributed by atoms with van der Waals surface area (Å²) in [6, 6.07) is 66.3. The number of hydrogen-bond acceptors (Lipinski definition) is 8. The van der Waals surface area contributed by atoms with Gasteiger partial charge in [0.25, 0.3) is 25.0 Å². The van der Waals surface area contributed by atoms with Crippen molar-refractivity contribution in [2.75, 3.05) is 26.4 Å². The Bertz CT molecular complexity index is 2560. The summed E-state index contributed by atoms with van der Waals surface area (Å²) in [6.07, 6.45) is 2.99. The highest BCUT2D eigenvalue weighted by atomic mass is 28.5. The lowest BCUT2D eigenvalue weighted by molar-refractivity contribution is 0.211. The van der Waals surface area contributed by atoms with Gasteiger partial charge >= 0.3 is 34.2 Å². The van der Waals surface area contributed by atoms with Gasteiger partial charge in [-0.15, -0.1) is 26.3 Å². The van der Waals surface area contributed by atoms with E-state index in [0.717, 1.165) is 62.8 Å². The van der Waals surface area contributed by atoms with Gasteiger partial charge in [0.05, 0.1) is 0 Å². The molecule has 0 saturated carbocycles. The van der Waals surface area contributed by atoms with Crippen molar-refractivity contribution >= 4 is 98.6 Å². The van der Waals surface area contributed by atoms with Gasteiger partial charge < -0.3 is 34.2 Å². The molecule has 1 heterocycles. The molecule has 2 unspecified atom stereocenters. The van der Waals surface area contributed by atoms with Crippen molar-refractivity contribution in [2.24, 2.45) is 0 Å². The average molecular weight is 1180 g/mol. The molecule has 16 heteroatoms. The molecule has 6 aromatic carbocycles. The maximum atomic E-state index is 7.80. The van der Waals surface area contributed by atoms with E-state index in [1.165, 1.54) is 0 Å². The molecule has 1 fully saturated rings. The lowest BCUT2D eigenvalue weighted by atomic mass is 10.4. The van der Waals surface area contributed by atoms with E-state index in [1.807, 2.05) is 5.70 Å². The second kappa shape index (κ2) is 27.9. The van der Waals surface area contributed by atoms with Crippen LogP contribution in [0.4, 0.5) is 0 Å². The molecule has 0 aromatic heterocycles. The molecule has 0 radical (unpaired) electrons. The standard InChI is InChI=1S/C62H84O8Si8/c1-11-71(5,6)63-49-33-53-72(7)67-73(8,54-34-50-64-76(12-2,57-37-21-15-22-38-57)58-39-23-16-24-40-58)69-75(10,56-36-52-66-78(14-4,61-45-29-19-30-46-61)62-47-31-20-32-48-62)70-74(9,68-72)55-35-51-65-77(13-3,59-41-25-17-26-42-59)60-43-27-18-28-44-60/h11-32,37-48H,1-4,33-36,49-56H2,5-10H3. The normalized spacial score (nSPS) is 21.2. The first-order chi connectivity index (χ1) is 37.5. The number of benzene rings is 6. The lowest BCUT2D eigenvalue weighted by Gasteiger charge is -2.50. The van der Waals surface area contributed by atoms with Gasteiger partial charge in [0.2, 0.25) is 8.32 Å². The number of hydrogen-bond donors (Lipinski definition) is 0. The van der Waals surface area contributed by atoms with Crippen molar-refractivity contribution < 1.29 is 34.2 Å². The second-order valence-electron chi connectivity index (χ2n) is 21.6. The van der Waals surface area contributed by atoms with Crippen LogP contribution in [0.5, 0.6) is 0 Å². The fourth-order valence-corrected chi connectivity index (χ4v) is 44.3. The van der Waals surface area contributed by atoms with Crippen LogP contribution in [0.25, 0.3) is 0 Å². The van der Waals surface area contributed by atoms with Crippen molar-refractivity contribution in [3.8, 4) is 0 Å². The van der Waals surface area contributed by atoms with E-state index >= 15 is 0 Å². The van der Waals surface area contributed by atoms with E-state index in [-0.39, 0.29) is 0 Å². The van der Waals surface area contributed by atoms with E-state index < -0.39 is 67.5 Å². The van der Waals surface area contributed by atoms with Gasteiger partial charge in [-0.3, -0.25) is 0 Å². The minimum absolute atomic E-state index is 0.509. The minimum Gasteiger partial charge on any atom is -0.416 e. The van der Waals surface area contributed by atoms with Crippen LogP contribution < -0.4 is 31.1 Å². The zero-order valence-corrected chi connectivity index (χ0v) is 55.2. The van der Waals surface area contributed by atoms with Crippen molar-refractivity contribution in [3.05, 3.63) is 231 Å². The molecule has 0 N–H and O–H groups in total. The predicted octanol–water partition coefficient (Wildman–Crippen LogP) is 11.4. The van der Waals surface area contributed by atoms with Gasteiger partial charge in [-0.2, -0.15) is 0 Å². The topological polar surface area (TPSA) is 73.8 Å². The summed E-state index contributed by atoms with van der Waals surface area (Å²) in [5, 5.41) is 6.98. The quantitative estimate of drug-likeness (QED) is 0.0326. The Labute approximate surface area is 476 Å². The van der Waals surface area contributed by atoms with Crippen LogP contribution in [0.1, 0.15) is 25.7 Å². The van der Waals surface area contributed by atoms with Crippen LogP contribution in [-0.4, -0.2) is 93.9 Å². The van der Waals surface area contributed by atoms with Crippen molar-refractivity contribution in [3.63, 3.8) is 0 Å². The average Bonchev–Trinajstić information content (AvgIpc) is 3.52. The molecule has 78 heavy (non-hydrogen) atoms. The lowest BCUT2D eigenvalue weighted by Crippen LogP contribution is -2.67. The molecule has 0 aliphatic carbocycles. The van der Waals surface area contributed by atoms with Gasteiger partial charge in [0.1, 0.15) is 0 Å². The first-order valence-electron chi connectivity index (χ1n) is 27.8. The third kappa shape index (κ3) is 15.6. The second-order valence-corrected chi connectivity index (χ2v) is 49.8. The minimum atomic E-state index is -3.13. The molecule has 0 spiro atoms. The van der Waals surface area contributed by atoms with Crippen LogP contribution in [0.15, 0.2) is 231 Å². The highest BCUT2D eigenvalue weighted by Gasteiger charge is 2.56. The fraction of sp³-hybridized carbons (Fsp3) is 0.290. The summed E-state index contributed by atoms with van der Waals surface area (Å²) >= 11 is 0. The van der Waals surface area contributed by atoms with Gasteiger partial charge in [-0.05, 0) is 120 Å². The molecule has 2 atom stereocenters. The largest absolute Gasteiger partial charge is 0.416 e. The Morgan fingerprint density at radius 3 is 0.692 bits per heavy atom. The maximum Gasteiger partial charge on any atom is 0.317 e. The third-order valence-electron chi connectivity index (χ3n) is 14.9. The van der Waals surface area contributed by atoms with Crippen LogP contribution in [-0.2, 0) is 34.2 Å². The summed E-state index contributed by atoms with van der Waals surface area (Å²) in [4.78, 5) is 0. The van der Waals surface area contributed by atoms with E-state index in [1.54, 1.807) is 0 Å².